The largest absolute Gasteiger partial charge is 0.445 e. The number of alkyl carbamates (subject to hydrolysis) is 2. The van der Waals surface area contributed by atoms with Crippen molar-refractivity contribution in [2.45, 2.75) is 121 Å². The van der Waals surface area contributed by atoms with Gasteiger partial charge in [0.15, 0.2) is 5.54 Å². The Morgan fingerprint density at radius 2 is 0.958 bits per heavy atom. The van der Waals surface area contributed by atoms with E-state index in [0.29, 0.717) is 24.3 Å². The number of fused-ring (bicyclic) bond motifs is 10. The Kier molecular flexibility index (Phi) is 35.3. The number of para-hydroxylation sites is 5. The average molecular weight is 1680 g/mol. The van der Waals surface area contributed by atoms with Crippen molar-refractivity contribution in [1.82, 2.24) is 40.9 Å². The Balaban J connectivity index is 0.000000169. The number of ether oxygens (including phenoxy) is 2. The molecule has 27 heteroatoms. The molecule has 6 atom stereocenters. The molecule has 0 aliphatic carbocycles. The number of carbonyl (C=O) groups excluding carboxylic acids is 3. The Morgan fingerprint density at radius 1 is 0.551 bits per heavy atom. The second kappa shape index (κ2) is 45.8. The lowest BCUT2D eigenvalue weighted by atomic mass is 9.80. The zero-order chi connectivity index (χ0) is 84.6. The van der Waals surface area contributed by atoms with Crippen LogP contribution >= 0.6 is 34.8 Å². The number of hydrogen-bond acceptors (Lipinski definition) is 15. The molecule has 0 saturated carbocycles. The van der Waals surface area contributed by atoms with E-state index in [-0.39, 0.29) is 80.5 Å². The molecule has 17 N–H and O–H groups in total. The van der Waals surface area contributed by atoms with Crippen LogP contribution < -0.4 is 32.7 Å². The number of H-pyrrole nitrogens is 5. The Hall–Kier alpha value is -10.8. The van der Waals surface area contributed by atoms with Gasteiger partial charge >= 0.3 is 12.2 Å². The number of aliphatic hydroxyl groups is 4. The molecular formula is C91H104Cl3N11O12S. The van der Waals surface area contributed by atoms with Gasteiger partial charge in [0.25, 0.3) is 16.0 Å². The van der Waals surface area contributed by atoms with Gasteiger partial charge in [-0.15, -0.1) is 23.2 Å². The van der Waals surface area contributed by atoms with E-state index >= 15 is 0 Å². The molecule has 16 rings (SSSR count). The number of aromatic amines is 5. The number of amides is 3. The summed E-state index contributed by atoms with van der Waals surface area (Å²) in [6.07, 6.45) is 9.99. The van der Waals surface area contributed by atoms with Gasteiger partial charge in [0.05, 0.1) is 47.8 Å². The molecule has 5 aromatic heterocycles. The number of alkyl halides is 2. The predicted octanol–water partition coefficient (Wildman–Crippen LogP) is 15.8. The Labute approximate surface area is 702 Å². The third-order valence-electron chi connectivity index (χ3n) is 19.1. The predicted molar refractivity (Wildman–Crippen MR) is 473 cm³/mol. The van der Waals surface area contributed by atoms with Gasteiger partial charge in [-0.25, -0.2) is 9.59 Å². The molecular weight excluding hydrogens is 1580 g/mol. The molecule has 9 aromatic carbocycles. The fraction of sp³-hybridized carbons (Fsp3) is 0.264. The molecule has 0 fully saturated rings. The first-order valence-electron chi connectivity index (χ1n) is 38.7. The molecule has 0 radical (unpaired) electrons. The number of aryl methyl sites for hydroxylation is 1. The molecule has 7 heterocycles. The fourth-order valence-corrected chi connectivity index (χ4v) is 14.9. The number of anilines is 1. The van der Waals surface area contributed by atoms with Crippen LogP contribution in [0.5, 0.6) is 0 Å². The number of rotatable bonds is 20. The number of nitrogens with two attached hydrogens (primary N) is 2. The third kappa shape index (κ3) is 25.4. The smallest absolute Gasteiger partial charge is 0.407 e. The number of hydrogen-bond donors (Lipinski definition) is 15. The lowest BCUT2D eigenvalue weighted by molar-refractivity contribution is -0.121. The van der Waals surface area contributed by atoms with E-state index in [9.17, 15) is 27.9 Å². The van der Waals surface area contributed by atoms with Crippen molar-refractivity contribution in [2.24, 2.45) is 11.5 Å². The molecule has 0 bridgehead atoms. The minimum Gasteiger partial charge on any atom is -0.445 e. The highest BCUT2D eigenvalue weighted by atomic mass is 35.5. The lowest BCUT2D eigenvalue weighted by Crippen LogP contribution is -2.56. The first-order chi connectivity index (χ1) is 57.1. The van der Waals surface area contributed by atoms with Gasteiger partial charge < -0.3 is 82.2 Å². The minimum absolute atomic E-state index is 0.0273. The van der Waals surface area contributed by atoms with Crippen LogP contribution in [-0.2, 0) is 79.4 Å². The van der Waals surface area contributed by atoms with Crippen molar-refractivity contribution in [3.63, 3.8) is 0 Å². The van der Waals surface area contributed by atoms with E-state index in [1.807, 2.05) is 196 Å². The topological polar surface area (TPSA) is 373 Å². The zero-order valence-corrected chi connectivity index (χ0v) is 69.6. The average Bonchev–Trinajstić information content (AvgIpc) is 1.54. The molecule has 2 aliphatic heterocycles. The van der Waals surface area contributed by atoms with E-state index in [2.05, 4.69) is 89.5 Å². The van der Waals surface area contributed by atoms with Gasteiger partial charge in [0.2, 0.25) is 0 Å². The zero-order valence-electron chi connectivity index (χ0n) is 66.5. The maximum absolute atomic E-state index is 13.1. The summed E-state index contributed by atoms with van der Waals surface area (Å²) >= 11 is 15.8. The summed E-state index contributed by atoms with van der Waals surface area (Å²) in [5, 5.41) is 52.2. The number of aliphatic hydroxyl groups excluding tert-OH is 4. The summed E-state index contributed by atoms with van der Waals surface area (Å²) in [5.41, 5.74) is 26.9. The quantitative estimate of drug-likeness (QED) is 0.0249. The highest BCUT2D eigenvalue weighted by Gasteiger charge is 2.53. The van der Waals surface area contributed by atoms with Crippen molar-refractivity contribution in [2.75, 3.05) is 43.7 Å². The molecule has 2 aliphatic rings. The highest BCUT2D eigenvalue weighted by molar-refractivity contribution is 7.86. The summed E-state index contributed by atoms with van der Waals surface area (Å²) in [5.74, 6) is -0.0564. The lowest BCUT2D eigenvalue weighted by Gasteiger charge is -2.37. The van der Waals surface area contributed by atoms with Crippen molar-refractivity contribution in [3.05, 3.63) is 310 Å². The van der Waals surface area contributed by atoms with Crippen molar-refractivity contribution in [1.29, 1.82) is 0 Å². The number of nitrogens with one attached hydrogen (secondary N) is 9. The number of benzene rings is 9. The van der Waals surface area contributed by atoms with Crippen LogP contribution in [0.3, 0.4) is 0 Å². The number of aromatic nitrogens is 5. The molecule has 3 amide bonds. The van der Waals surface area contributed by atoms with E-state index in [4.69, 9.17) is 75.2 Å². The molecule has 118 heavy (non-hydrogen) atoms. The third-order valence-corrected chi connectivity index (χ3v) is 20.6. The van der Waals surface area contributed by atoms with Gasteiger partial charge in [-0.3, -0.25) is 14.3 Å². The summed E-state index contributed by atoms with van der Waals surface area (Å²) < 4.78 is 41.2. The van der Waals surface area contributed by atoms with Crippen LogP contribution in [0.4, 0.5) is 15.3 Å². The summed E-state index contributed by atoms with van der Waals surface area (Å²) in [7, 11) is -3.98. The Morgan fingerprint density at radius 3 is 1.41 bits per heavy atom. The summed E-state index contributed by atoms with van der Waals surface area (Å²) in [6.45, 7) is 9.83. The van der Waals surface area contributed by atoms with E-state index in [1.165, 1.54) is 50.5 Å². The second-order valence-electron chi connectivity index (χ2n) is 28.1. The van der Waals surface area contributed by atoms with Crippen LogP contribution in [0.2, 0.25) is 5.02 Å². The SMILES string of the molecule is CCO.CCO.C[C@H](N)Cc1c[nH]c2ccccc12.C[C@H]1Cc2c([nH]c3ccccc23)[C@@]2(N1)C(=O)Nc1ccc(Cl)cc12.Cc1ccc(S(=O)(=O)OC[C@@H](Cc2c[nH]c3ccccc23)NC(=O)OCc2ccccc2)cc1.ClCCl.N[C@@H](CO)Cc1c[nH]c2ccccc12.O=C(N[C@@H](CO)Cc1c[nH]c2ccccc12)OCc1ccccc1. The first kappa shape index (κ1) is 91.1. The van der Waals surface area contributed by atoms with Crippen LogP contribution in [-0.4, -0.2) is 140 Å². The molecule has 0 saturated heterocycles. The van der Waals surface area contributed by atoms with E-state index in [1.54, 1.807) is 32.0 Å². The monoisotopic (exact) mass is 1680 g/mol. The Bertz CT molecular complexity index is 5560. The maximum Gasteiger partial charge on any atom is 0.407 e. The standard InChI is InChI=1S/C26H26N2O5S.C19H16ClN3O.C19H20N2O3.C11H14N2O.C11H14N2.2C2H6O.CH2Cl2/c1-19-11-13-23(14-12-19)34(30,31)33-18-22(15-21-16-27-25-10-6-5-9-24(21)25)28-26(29)32-17-20-7-3-2-4-8-20;1-10-8-13-12-4-2-3-5-15(12)21-17(13)19(23-10)14-9-11(20)6-7-16(14)22-18(19)24;22-12-16(10-15-11-20-18-9-5-4-8-17(15)18)21-19(23)24-13-14-6-2-1-3-7-14;12-9(7-14)5-8-6-13-11-4-2-1-3-10(8)11;1-8(12)6-9-7-13-11-5-3-2-4-10(9)11;2*1-2-3;2-1-3/h2-14,16,22,27H,15,17-18H2,1H3,(H,28,29);2-7,9-10,21,23H,8H2,1H3,(H,22,24);1-9,11,16,20,22H,10,12-13H2,(H,21,23);1-4,6,9,13-14H,5,7,12H2;2-5,7-8,13H,6,12H2,1H3;2*3H,2H2,1H3;1H2/t22-;10-,19+;16-;9-;8-;;;/m10110.../s1. The maximum atomic E-state index is 13.1. The fourth-order valence-electron chi connectivity index (χ4n) is 13.7. The van der Waals surface area contributed by atoms with Crippen LogP contribution in [0.15, 0.2) is 254 Å². The summed E-state index contributed by atoms with van der Waals surface area (Å²) in [6, 6.07) is 70.3. The second-order valence-corrected chi connectivity index (χ2v) is 31.0. The number of halogens is 3. The molecule has 23 nitrogen and oxygen atoms in total. The highest BCUT2D eigenvalue weighted by Crippen LogP contribution is 2.47. The van der Waals surface area contributed by atoms with Crippen molar-refractivity contribution >= 4 is 123 Å². The van der Waals surface area contributed by atoms with E-state index < -0.39 is 39.9 Å². The van der Waals surface area contributed by atoms with Crippen LogP contribution in [0.25, 0.3) is 54.5 Å². The van der Waals surface area contributed by atoms with Crippen LogP contribution in [0.1, 0.15) is 83.5 Å². The van der Waals surface area contributed by atoms with Gasteiger partial charge in [0.1, 0.15) is 13.2 Å². The van der Waals surface area contributed by atoms with Gasteiger partial charge in [-0.1, -0.05) is 181 Å². The molecule has 0 unspecified atom stereocenters. The van der Waals surface area contributed by atoms with Crippen molar-refractivity contribution < 1.29 is 56.9 Å². The molecule has 1 spiro atoms. The molecule has 622 valence electrons. The van der Waals surface area contributed by atoms with Gasteiger partial charge in [-0.05, 0) is 166 Å². The van der Waals surface area contributed by atoms with E-state index in [0.717, 1.165) is 90.4 Å². The van der Waals surface area contributed by atoms with Crippen molar-refractivity contribution in [3.8, 4) is 0 Å². The normalized spacial score (nSPS) is 14.6. The first-order valence-corrected chi connectivity index (χ1v) is 41.6. The number of carbonyl (C=O) groups is 3. The molecule has 14 aromatic rings. The summed E-state index contributed by atoms with van der Waals surface area (Å²) in [4.78, 5) is 53.9. The van der Waals surface area contributed by atoms with Gasteiger partial charge in [0, 0.05) is 127 Å². The minimum atomic E-state index is -3.98. The van der Waals surface area contributed by atoms with Crippen LogP contribution in [0, 0.1) is 6.92 Å². The van der Waals surface area contributed by atoms with Gasteiger partial charge in [-0.2, -0.15) is 8.42 Å².